The number of piperidine rings is 3. The standard InChI is InChI=1S/C44H54N10O4/c1-44(12-13-44)58-33-3-5-36-35(23-33)41(49-48-36)37-24-39(46-28-45-37)53-16-10-30(11-17-53)26-51-20-18-50(19-21-51)25-29-8-14-52(15-9-29)32-2-4-34-31(22-32)27-54(43(34)57)38-6-7-40(55)47-42(38)56/h2-5,22-24,28-30,38H,6-21,25-27H2,1H3,(H,48,49)(H,47,55,56). The maximum atomic E-state index is 13.2. The molecule has 2 N–H and O–H groups in total. The van der Waals surface area contributed by atoms with Crippen LogP contribution >= 0.6 is 0 Å². The second kappa shape index (κ2) is 15.3. The zero-order valence-electron chi connectivity index (χ0n) is 33.5. The number of H-pyrrole nitrogens is 1. The lowest BCUT2D eigenvalue weighted by molar-refractivity contribution is -0.136. The van der Waals surface area contributed by atoms with Crippen LogP contribution in [-0.4, -0.2) is 130 Å². The van der Waals surface area contributed by atoms with Gasteiger partial charge in [0.25, 0.3) is 5.91 Å². The number of carbonyl (C=O) groups excluding carboxylic acids is 3. The number of hydrogen-bond acceptors (Lipinski definition) is 11. The molecule has 4 aromatic rings. The molecule has 10 rings (SSSR count). The molecular formula is C44H54N10O4. The van der Waals surface area contributed by atoms with E-state index in [4.69, 9.17) is 4.74 Å². The summed E-state index contributed by atoms with van der Waals surface area (Å²) in [6.07, 6.45) is 9.19. The van der Waals surface area contributed by atoms with Gasteiger partial charge in [-0.2, -0.15) is 5.10 Å². The van der Waals surface area contributed by atoms with Crippen LogP contribution in [-0.2, 0) is 16.1 Å². The number of benzene rings is 2. The Labute approximate surface area is 339 Å². The second-order valence-electron chi connectivity index (χ2n) is 17.8. The Balaban J connectivity index is 0.660. The minimum atomic E-state index is -0.579. The van der Waals surface area contributed by atoms with Gasteiger partial charge in [0.2, 0.25) is 11.8 Å². The Kier molecular flexibility index (Phi) is 9.79. The fraction of sp³-hybridized carbons (Fsp3) is 0.545. The third-order valence-corrected chi connectivity index (χ3v) is 13.7. The van der Waals surface area contributed by atoms with E-state index in [0.29, 0.717) is 30.4 Å². The van der Waals surface area contributed by atoms with Crippen molar-refractivity contribution < 1.29 is 19.1 Å². The summed E-state index contributed by atoms with van der Waals surface area (Å²) in [6.45, 7) is 13.5. The smallest absolute Gasteiger partial charge is 0.255 e. The maximum Gasteiger partial charge on any atom is 0.255 e. The number of nitrogens with one attached hydrogen (secondary N) is 2. The van der Waals surface area contributed by atoms with Gasteiger partial charge in [0, 0.05) is 101 Å². The molecule has 58 heavy (non-hydrogen) atoms. The minimum Gasteiger partial charge on any atom is -0.488 e. The van der Waals surface area contributed by atoms with Crippen molar-refractivity contribution >= 4 is 40.1 Å². The van der Waals surface area contributed by atoms with Crippen molar-refractivity contribution in [1.82, 2.24) is 40.2 Å². The Hall–Kier alpha value is -5.08. The van der Waals surface area contributed by atoms with Gasteiger partial charge < -0.3 is 29.2 Å². The molecule has 4 saturated heterocycles. The first-order chi connectivity index (χ1) is 28.2. The molecule has 1 atom stereocenters. The number of amides is 3. The van der Waals surface area contributed by atoms with Crippen LogP contribution in [0.4, 0.5) is 11.5 Å². The molecule has 1 saturated carbocycles. The molecule has 3 amide bonds. The molecule has 6 aliphatic rings. The molecule has 14 nitrogen and oxygen atoms in total. The van der Waals surface area contributed by atoms with Crippen LogP contribution < -0.4 is 19.9 Å². The number of fused-ring (bicyclic) bond motifs is 2. The third-order valence-electron chi connectivity index (χ3n) is 13.7. The van der Waals surface area contributed by atoms with E-state index >= 15 is 0 Å². The molecule has 0 spiro atoms. The quantitative estimate of drug-likeness (QED) is 0.220. The lowest BCUT2D eigenvalue weighted by Crippen LogP contribution is -2.52. The number of ether oxygens (including phenoxy) is 1. The summed E-state index contributed by atoms with van der Waals surface area (Å²) >= 11 is 0. The normalized spacial score (nSPS) is 23.4. The fourth-order valence-corrected chi connectivity index (χ4v) is 9.83. The molecule has 5 fully saturated rings. The predicted molar refractivity (Wildman–Crippen MR) is 221 cm³/mol. The SMILES string of the molecule is CC1(Oc2ccc3n[nH]c(-c4cc(N5CCC(CN6CCN(CC7CCN(c8ccc9c(c8)CN(C8CCC(=O)NC8=O)C9=O)CC7)CC6)CC5)ncn4)c3c2)CC1. The summed E-state index contributed by atoms with van der Waals surface area (Å²) in [5, 5.41) is 11.2. The Bertz CT molecular complexity index is 2200. The molecule has 0 bridgehead atoms. The van der Waals surface area contributed by atoms with Crippen molar-refractivity contribution in [2.45, 2.75) is 76.5 Å². The van der Waals surface area contributed by atoms with E-state index in [1.807, 2.05) is 18.2 Å². The van der Waals surface area contributed by atoms with E-state index in [0.717, 1.165) is 110 Å². The number of aromatic nitrogens is 4. The van der Waals surface area contributed by atoms with Gasteiger partial charge in [0.05, 0.1) is 16.9 Å². The van der Waals surface area contributed by atoms with Crippen molar-refractivity contribution in [2.24, 2.45) is 11.8 Å². The summed E-state index contributed by atoms with van der Waals surface area (Å²) in [4.78, 5) is 58.4. The highest BCUT2D eigenvalue weighted by atomic mass is 16.5. The molecule has 304 valence electrons. The van der Waals surface area contributed by atoms with Crippen molar-refractivity contribution in [1.29, 1.82) is 0 Å². The monoisotopic (exact) mass is 786 g/mol. The highest BCUT2D eigenvalue weighted by Gasteiger charge is 2.41. The molecule has 2 aromatic carbocycles. The van der Waals surface area contributed by atoms with Crippen LogP contribution in [0.2, 0.25) is 0 Å². The van der Waals surface area contributed by atoms with Crippen LogP contribution in [0, 0.1) is 11.8 Å². The van der Waals surface area contributed by atoms with Crippen LogP contribution in [0.3, 0.4) is 0 Å². The van der Waals surface area contributed by atoms with E-state index in [-0.39, 0.29) is 29.7 Å². The third kappa shape index (κ3) is 7.63. The number of rotatable bonds is 10. The minimum absolute atomic E-state index is 0.0344. The van der Waals surface area contributed by atoms with Crippen LogP contribution in [0.25, 0.3) is 22.3 Å². The number of piperazine rings is 1. The summed E-state index contributed by atoms with van der Waals surface area (Å²) < 4.78 is 6.24. The fourth-order valence-electron chi connectivity index (χ4n) is 9.83. The first kappa shape index (κ1) is 37.2. The Morgan fingerprint density at radius 2 is 1.50 bits per heavy atom. The highest BCUT2D eigenvalue weighted by molar-refractivity contribution is 6.05. The van der Waals surface area contributed by atoms with Crippen molar-refractivity contribution in [2.75, 3.05) is 75.2 Å². The summed E-state index contributed by atoms with van der Waals surface area (Å²) in [6, 6.07) is 13.7. The van der Waals surface area contributed by atoms with Crippen LogP contribution in [0.15, 0.2) is 48.8 Å². The zero-order valence-corrected chi connectivity index (χ0v) is 33.5. The van der Waals surface area contributed by atoms with Crippen molar-refractivity contribution in [3.63, 3.8) is 0 Å². The maximum absolute atomic E-state index is 13.2. The largest absolute Gasteiger partial charge is 0.488 e. The molecule has 1 aliphatic carbocycles. The molecule has 2 aromatic heterocycles. The van der Waals surface area contributed by atoms with E-state index in [9.17, 15) is 14.4 Å². The Morgan fingerprint density at radius 3 is 2.19 bits per heavy atom. The number of anilines is 2. The molecule has 5 aliphatic heterocycles. The predicted octanol–water partition coefficient (Wildman–Crippen LogP) is 4.46. The van der Waals surface area contributed by atoms with Crippen molar-refractivity contribution in [3.8, 4) is 17.1 Å². The van der Waals surface area contributed by atoms with E-state index in [2.05, 4.69) is 76.3 Å². The van der Waals surface area contributed by atoms with Gasteiger partial charge in [0.1, 0.15) is 29.5 Å². The number of hydrogen-bond donors (Lipinski definition) is 2. The van der Waals surface area contributed by atoms with Gasteiger partial charge in [-0.3, -0.25) is 24.8 Å². The van der Waals surface area contributed by atoms with Gasteiger partial charge in [0.15, 0.2) is 0 Å². The average molecular weight is 787 g/mol. The molecule has 14 heteroatoms. The van der Waals surface area contributed by atoms with Crippen LogP contribution in [0.1, 0.15) is 74.2 Å². The summed E-state index contributed by atoms with van der Waals surface area (Å²) in [5.41, 5.74) is 5.43. The van der Waals surface area contributed by atoms with E-state index < -0.39 is 6.04 Å². The molecule has 1 unspecified atom stereocenters. The summed E-state index contributed by atoms with van der Waals surface area (Å²) in [5.74, 6) is 2.51. The van der Waals surface area contributed by atoms with E-state index in [1.54, 1.807) is 11.2 Å². The number of aromatic amines is 1. The van der Waals surface area contributed by atoms with Crippen LogP contribution in [0.5, 0.6) is 5.75 Å². The van der Waals surface area contributed by atoms with Gasteiger partial charge in [-0.1, -0.05) is 0 Å². The summed E-state index contributed by atoms with van der Waals surface area (Å²) in [7, 11) is 0. The number of imide groups is 1. The van der Waals surface area contributed by atoms with Gasteiger partial charge in [-0.25, -0.2) is 9.97 Å². The second-order valence-corrected chi connectivity index (χ2v) is 17.8. The number of carbonyl (C=O) groups is 3. The lowest BCUT2D eigenvalue weighted by atomic mass is 9.94. The molecular weight excluding hydrogens is 733 g/mol. The first-order valence-electron chi connectivity index (χ1n) is 21.5. The molecule has 7 heterocycles. The lowest BCUT2D eigenvalue weighted by Gasteiger charge is -2.41. The topological polar surface area (TPSA) is 143 Å². The Morgan fingerprint density at radius 1 is 0.793 bits per heavy atom. The highest BCUT2D eigenvalue weighted by Crippen LogP contribution is 2.41. The van der Waals surface area contributed by atoms with Gasteiger partial charge in [-0.15, -0.1) is 0 Å². The van der Waals surface area contributed by atoms with Gasteiger partial charge in [-0.05, 0) is 106 Å². The first-order valence-corrected chi connectivity index (χ1v) is 21.5. The molecule has 0 radical (unpaired) electrons. The zero-order chi connectivity index (χ0) is 39.4. The van der Waals surface area contributed by atoms with Gasteiger partial charge >= 0.3 is 0 Å². The van der Waals surface area contributed by atoms with E-state index in [1.165, 1.54) is 38.8 Å². The van der Waals surface area contributed by atoms with Crippen molar-refractivity contribution in [3.05, 3.63) is 59.9 Å². The average Bonchev–Trinajstić information content (AvgIpc) is 3.66. The number of nitrogens with zero attached hydrogens (tertiary/aromatic N) is 8.